The molecular formula is C19H21NO3. The van der Waals surface area contributed by atoms with Crippen LogP contribution in [0.5, 0.6) is 11.5 Å². The first-order valence-electron chi connectivity index (χ1n) is 8.08. The molecular weight excluding hydrogens is 290 g/mol. The van der Waals surface area contributed by atoms with E-state index in [0.29, 0.717) is 13.0 Å². The van der Waals surface area contributed by atoms with E-state index in [-0.39, 0.29) is 11.5 Å². The van der Waals surface area contributed by atoms with E-state index in [9.17, 15) is 5.11 Å². The average Bonchev–Trinajstić information content (AvgIpc) is 2.79. The van der Waals surface area contributed by atoms with Crippen LogP contribution in [-0.2, 0) is 12.0 Å². The smallest absolute Gasteiger partial charge is 0.166 e. The average molecular weight is 311 g/mol. The molecule has 0 saturated heterocycles. The van der Waals surface area contributed by atoms with Crippen LogP contribution >= 0.6 is 0 Å². The molecule has 4 rings (SSSR count). The van der Waals surface area contributed by atoms with Crippen molar-refractivity contribution in [3.05, 3.63) is 35.4 Å². The Morgan fingerprint density at radius 3 is 3.17 bits per heavy atom. The van der Waals surface area contributed by atoms with E-state index in [1.807, 2.05) is 12.1 Å². The van der Waals surface area contributed by atoms with Crippen LogP contribution in [0.15, 0.2) is 24.3 Å². The van der Waals surface area contributed by atoms with Crippen LogP contribution in [-0.4, -0.2) is 42.4 Å². The molecule has 1 aromatic rings. The van der Waals surface area contributed by atoms with Crippen molar-refractivity contribution in [2.24, 2.45) is 0 Å². The Kier molecular flexibility index (Phi) is 3.37. The summed E-state index contributed by atoms with van der Waals surface area (Å²) >= 11 is 0. The van der Waals surface area contributed by atoms with Crippen LogP contribution in [0.1, 0.15) is 24.0 Å². The molecule has 1 aromatic carbocycles. The molecule has 4 nitrogen and oxygen atoms in total. The fourth-order valence-corrected chi connectivity index (χ4v) is 4.26. The molecule has 23 heavy (non-hydrogen) atoms. The number of aliphatic hydroxyl groups excluding tert-OH is 1. The molecule has 0 bridgehead atoms. The minimum atomic E-state index is -0.445. The van der Waals surface area contributed by atoms with Gasteiger partial charge in [-0.15, -0.1) is 6.42 Å². The van der Waals surface area contributed by atoms with E-state index in [1.54, 1.807) is 7.11 Å². The third kappa shape index (κ3) is 2.08. The zero-order valence-corrected chi connectivity index (χ0v) is 13.3. The molecule has 1 N–H and O–H groups in total. The minimum Gasteiger partial charge on any atom is -0.493 e. The van der Waals surface area contributed by atoms with Gasteiger partial charge < -0.3 is 14.6 Å². The molecule has 0 saturated carbocycles. The topological polar surface area (TPSA) is 41.9 Å². The van der Waals surface area contributed by atoms with Gasteiger partial charge in [-0.05, 0) is 18.1 Å². The number of ether oxygens (including phenoxy) is 2. The second-order valence-electron chi connectivity index (χ2n) is 6.60. The van der Waals surface area contributed by atoms with Crippen molar-refractivity contribution < 1.29 is 14.6 Å². The van der Waals surface area contributed by atoms with Crippen LogP contribution in [0.25, 0.3) is 0 Å². The quantitative estimate of drug-likeness (QED) is 0.669. The molecule has 3 atom stereocenters. The molecule has 0 fully saturated rings. The summed E-state index contributed by atoms with van der Waals surface area (Å²) in [6, 6.07) is 4.09. The number of hydrogen-bond donors (Lipinski definition) is 1. The summed E-state index contributed by atoms with van der Waals surface area (Å²) in [6.45, 7) is 2.39. The molecule has 2 heterocycles. The molecule has 0 amide bonds. The number of terminal acetylenes is 1. The van der Waals surface area contributed by atoms with Gasteiger partial charge in [-0.2, -0.15) is 0 Å². The number of hydrogen-bond acceptors (Lipinski definition) is 4. The Balaban J connectivity index is 1.89. The zero-order chi connectivity index (χ0) is 16.0. The Morgan fingerprint density at radius 2 is 2.39 bits per heavy atom. The Morgan fingerprint density at radius 1 is 1.52 bits per heavy atom. The van der Waals surface area contributed by atoms with Gasteiger partial charge in [0.05, 0.1) is 25.2 Å². The lowest BCUT2D eigenvalue weighted by Crippen LogP contribution is -2.43. The molecule has 0 radical (unpaired) electrons. The van der Waals surface area contributed by atoms with Gasteiger partial charge in [0, 0.05) is 25.1 Å². The predicted molar refractivity (Wildman–Crippen MR) is 87.6 cm³/mol. The number of aliphatic hydroxyl groups is 1. The van der Waals surface area contributed by atoms with Crippen LogP contribution < -0.4 is 9.47 Å². The van der Waals surface area contributed by atoms with Crippen molar-refractivity contribution in [2.45, 2.75) is 37.0 Å². The monoisotopic (exact) mass is 311 g/mol. The standard InChI is InChI=1S/C19H21NO3/c1-3-9-20-10-8-19-7-6-14(21)11-16(19)23-18-15(22-2)5-4-13(12-20)17(18)19/h1,4-7,14,16,21H,8-12H2,2H3/t14-,16+,19+/m1/s1. The van der Waals surface area contributed by atoms with Crippen molar-refractivity contribution in [3.8, 4) is 23.8 Å². The Labute approximate surface area is 136 Å². The maximum Gasteiger partial charge on any atom is 0.166 e. The van der Waals surface area contributed by atoms with E-state index < -0.39 is 6.10 Å². The molecule has 2 aliphatic heterocycles. The fourth-order valence-electron chi connectivity index (χ4n) is 4.26. The highest BCUT2D eigenvalue weighted by Crippen LogP contribution is 2.55. The molecule has 0 unspecified atom stereocenters. The highest BCUT2D eigenvalue weighted by molar-refractivity contribution is 5.61. The van der Waals surface area contributed by atoms with Crippen LogP contribution in [0.2, 0.25) is 0 Å². The third-order valence-electron chi connectivity index (χ3n) is 5.35. The Bertz CT molecular complexity index is 705. The summed E-state index contributed by atoms with van der Waals surface area (Å²) in [5.41, 5.74) is 2.29. The number of nitrogens with zero attached hydrogens (tertiary/aromatic N) is 1. The van der Waals surface area contributed by atoms with Crippen molar-refractivity contribution in [3.63, 3.8) is 0 Å². The van der Waals surface area contributed by atoms with E-state index in [1.165, 1.54) is 11.1 Å². The highest BCUT2D eigenvalue weighted by atomic mass is 16.5. The molecule has 0 aromatic heterocycles. The van der Waals surface area contributed by atoms with Gasteiger partial charge in [-0.1, -0.05) is 24.1 Å². The van der Waals surface area contributed by atoms with Gasteiger partial charge in [0.25, 0.3) is 0 Å². The largest absolute Gasteiger partial charge is 0.493 e. The number of rotatable bonds is 2. The summed E-state index contributed by atoms with van der Waals surface area (Å²) in [4.78, 5) is 2.30. The van der Waals surface area contributed by atoms with Crippen molar-refractivity contribution in [1.29, 1.82) is 0 Å². The molecule has 1 spiro atoms. The normalized spacial score (nSPS) is 31.5. The summed E-state index contributed by atoms with van der Waals surface area (Å²) in [7, 11) is 1.67. The van der Waals surface area contributed by atoms with E-state index in [0.717, 1.165) is 31.0 Å². The van der Waals surface area contributed by atoms with Crippen molar-refractivity contribution in [1.82, 2.24) is 4.90 Å². The predicted octanol–water partition coefficient (Wildman–Crippen LogP) is 1.85. The minimum absolute atomic E-state index is 0.0432. The van der Waals surface area contributed by atoms with Crippen LogP contribution in [0.3, 0.4) is 0 Å². The first-order chi connectivity index (χ1) is 11.2. The summed E-state index contributed by atoms with van der Waals surface area (Å²) < 4.78 is 11.8. The Hall–Kier alpha value is -1.96. The van der Waals surface area contributed by atoms with Gasteiger partial charge in [0.2, 0.25) is 0 Å². The maximum atomic E-state index is 10.0. The summed E-state index contributed by atoms with van der Waals surface area (Å²) in [5.74, 6) is 4.37. The highest BCUT2D eigenvalue weighted by Gasteiger charge is 2.52. The molecule has 4 heteroatoms. The fraction of sp³-hybridized carbons (Fsp3) is 0.474. The van der Waals surface area contributed by atoms with Crippen LogP contribution in [0.4, 0.5) is 0 Å². The van der Waals surface area contributed by atoms with Gasteiger partial charge in [0.1, 0.15) is 6.10 Å². The number of methoxy groups -OCH3 is 1. The van der Waals surface area contributed by atoms with Gasteiger partial charge in [-0.25, -0.2) is 0 Å². The first kappa shape index (κ1) is 14.6. The molecule has 120 valence electrons. The van der Waals surface area contributed by atoms with E-state index in [2.05, 4.69) is 23.0 Å². The summed E-state index contributed by atoms with van der Waals surface area (Å²) in [6.07, 6.45) is 10.6. The second kappa shape index (κ2) is 5.30. The van der Waals surface area contributed by atoms with Gasteiger partial charge >= 0.3 is 0 Å². The third-order valence-corrected chi connectivity index (χ3v) is 5.35. The van der Waals surface area contributed by atoms with Crippen molar-refractivity contribution in [2.75, 3.05) is 20.2 Å². The zero-order valence-electron chi connectivity index (χ0n) is 13.3. The lowest BCUT2D eigenvalue weighted by Gasteiger charge is -2.35. The lowest BCUT2D eigenvalue weighted by atomic mass is 9.69. The van der Waals surface area contributed by atoms with Crippen molar-refractivity contribution >= 4 is 0 Å². The molecule has 1 aliphatic carbocycles. The van der Waals surface area contributed by atoms with E-state index in [4.69, 9.17) is 15.9 Å². The number of benzene rings is 1. The first-order valence-corrected chi connectivity index (χ1v) is 8.08. The van der Waals surface area contributed by atoms with E-state index >= 15 is 0 Å². The summed E-state index contributed by atoms with van der Waals surface area (Å²) in [5, 5.41) is 10.0. The maximum absolute atomic E-state index is 10.0. The SMILES string of the molecule is C#CCN1CC[C@@]23C=C[C@@H](O)C[C@@H]2Oc2c(OC)ccc(c23)C1. The lowest BCUT2D eigenvalue weighted by molar-refractivity contribution is 0.0816. The molecule has 3 aliphatic rings. The van der Waals surface area contributed by atoms with Crippen LogP contribution in [0, 0.1) is 12.3 Å². The van der Waals surface area contributed by atoms with Gasteiger partial charge in [-0.3, -0.25) is 4.90 Å². The van der Waals surface area contributed by atoms with Gasteiger partial charge in [0.15, 0.2) is 11.5 Å². The second-order valence-corrected chi connectivity index (χ2v) is 6.60.